The summed E-state index contributed by atoms with van der Waals surface area (Å²) in [5, 5.41) is 8.93. The molecule has 0 aliphatic carbocycles. The van der Waals surface area contributed by atoms with Gasteiger partial charge in [0.1, 0.15) is 11.5 Å². The maximum absolute atomic E-state index is 13.5. The Kier molecular flexibility index (Phi) is 5.39. The topological polar surface area (TPSA) is 71.4 Å². The Labute approximate surface area is 196 Å². The Morgan fingerprint density at radius 2 is 1.82 bits per heavy atom. The van der Waals surface area contributed by atoms with E-state index in [0.717, 1.165) is 64.8 Å². The van der Waals surface area contributed by atoms with Gasteiger partial charge in [-0.15, -0.1) is 0 Å². The zero-order valence-corrected chi connectivity index (χ0v) is 18.7. The summed E-state index contributed by atoms with van der Waals surface area (Å²) in [6.45, 7) is 2.63. The van der Waals surface area contributed by atoms with E-state index in [2.05, 4.69) is 38.6 Å². The van der Waals surface area contributed by atoms with Crippen LogP contribution in [0.4, 0.5) is 4.39 Å². The fourth-order valence-electron chi connectivity index (χ4n) is 4.75. The molecular weight excluding hydrogens is 427 g/mol. The summed E-state index contributed by atoms with van der Waals surface area (Å²) in [5.74, 6) is 0.300. The van der Waals surface area contributed by atoms with Crippen LogP contribution in [-0.4, -0.2) is 37.8 Å². The first-order valence-corrected chi connectivity index (χ1v) is 11.6. The summed E-state index contributed by atoms with van der Waals surface area (Å²) in [6, 6.07) is 13.1. The number of nitrogens with one attached hydrogen (secondary N) is 2. The molecule has 5 heterocycles. The van der Waals surface area contributed by atoms with E-state index in [1.165, 1.54) is 17.8 Å². The molecule has 5 aromatic rings. The quantitative estimate of drug-likeness (QED) is 0.387. The molecule has 34 heavy (non-hydrogen) atoms. The Morgan fingerprint density at radius 3 is 2.65 bits per heavy atom. The van der Waals surface area contributed by atoms with Crippen LogP contribution in [0.1, 0.15) is 30.0 Å². The molecule has 4 aromatic heterocycles. The van der Waals surface area contributed by atoms with Crippen LogP contribution < -0.4 is 5.32 Å². The van der Waals surface area contributed by atoms with Crippen LogP contribution in [0.15, 0.2) is 73.4 Å². The number of H-pyrrole nitrogens is 1. The van der Waals surface area contributed by atoms with Crippen LogP contribution in [-0.2, 0) is 6.54 Å². The average Bonchev–Trinajstić information content (AvgIpc) is 3.51. The van der Waals surface area contributed by atoms with Gasteiger partial charge in [-0.25, -0.2) is 9.37 Å². The molecule has 0 bridgehead atoms. The molecule has 0 atom stereocenters. The predicted octanol–water partition coefficient (Wildman–Crippen LogP) is 5.14. The molecule has 1 aliphatic heterocycles. The van der Waals surface area contributed by atoms with Gasteiger partial charge >= 0.3 is 0 Å². The van der Waals surface area contributed by atoms with Crippen molar-refractivity contribution in [2.24, 2.45) is 0 Å². The van der Waals surface area contributed by atoms with E-state index < -0.39 is 0 Å². The molecule has 0 radical (unpaired) electrons. The number of hydrogen-bond donors (Lipinski definition) is 2. The van der Waals surface area contributed by atoms with Gasteiger partial charge in [-0.2, -0.15) is 5.10 Å². The van der Waals surface area contributed by atoms with Crippen LogP contribution in [0.2, 0.25) is 0 Å². The number of pyridine rings is 2. The minimum absolute atomic E-state index is 0.238. The molecule has 1 saturated heterocycles. The summed E-state index contributed by atoms with van der Waals surface area (Å²) < 4.78 is 15.3. The molecule has 1 aromatic carbocycles. The van der Waals surface area contributed by atoms with Gasteiger partial charge in [0.25, 0.3) is 0 Å². The minimum Gasteiger partial charge on any atom is -0.346 e. The number of halogens is 1. The van der Waals surface area contributed by atoms with E-state index in [1.807, 2.05) is 41.7 Å². The molecule has 7 heteroatoms. The van der Waals surface area contributed by atoms with Gasteiger partial charge in [0, 0.05) is 64.0 Å². The lowest BCUT2D eigenvalue weighted by atomic mass is 9.93. The van der Waals surface area contributed by atoms with Crippen molar-refractivity contribution < 1.29 is 4.39 Å². The molecule has 1 fully saturated rings. The molecular formula is C27H25FN6. The smallest absolute Gasteiger partial charge is 0.137 e. The Morgan fingerprint density at radius 1 is 0.941 bits per heavy atom. The van der Waals surface area contributed by atoms with E-state index in [0.29, 0.717) is 12.5 Å². The number of nitrogens with zero attached hydrogens (tertiary/aromatic N) is 4. The molecule has 0 saturated carbocycles. The normalized spacial score (nSPS) is 14.6. The number of fused-ring (bicyclic) bond motifs is 1. The van der Waals surface area contributed by atoms with Gasteiger partial charge in [0.15, 0.2) is 0 Å². The van der Waals surface area contributed by atoms with Crippen LogP contribution in [0.3, 0.4) is 0 Å². The van der Waals surface area contributed by atoms with Crippen LogP contribution in [0, 0.1) is 5.82 Å². The molecule has 6 rings (SSSR count). The standard InChI is InChI=1S/C27H25FN6/c28-23-3-1-2-18(10-23)16-34-17-22(14-33-34)25-15-32-27-24(25)11-21(13-31-27)20-4-5-26(30-12-20)19-6-8-29-9-7-19/h1-5,10-15,17,19,29H,6-9,16H2,(H,31,32). The largest absolute Gasteiger partial charge is 0.346 e. The lowest BCUT2D eigenvalue weighted by Gasteiger charge is -2.22. The molecule has 0 amide bonds. The summed E-state index contributed by atoms with van der Waals surface area (Å²) in [6.07, 6.45) is 11.9. The first kappa shape index (κ1) is 20.7. The molecule has 170 valence electrons. The second-order valence-corrected chi connectivity index (χ2v) is 8.88. The first-order chi connectivity index (χ1) is 16.7. The van der Waals surface area contributed by atoms with Crippen molar-refractivity contribution in [2.75, 3.05) is 13.1 Å². The summed E-state index contributed by atoms with van der Waals surface area (Å²) in [4.78, 5) is 12.7. The number of piperidine rings is 1. The van der Waals surface area contributed by atoms with E-state index in [4.69, 9.17) is 4.98 Å². The molecule has 0 unspecified atom stereocenters. The summed E-state index contributed by atoms with van der Waals surface area (Å²) in [7, 11) is 0. The molecule has 2 N–H and O–H groups in total. The van der Waals surface area contributed by atoms with Crippen molar-refractivity contribution in [3.63, 3.8) is 0 Å². The lowest BCUT2D eigenvalue weighted by Crippen LogP contribution is -2.26. The number of benzene rings is 1. The monoisotopic (exact) mass is 452 g/mol. The zero-order valence-electron chi connectivity index (χ0n) is 18.7. The lowest BCUT2D eigenvalue weighted by molar-refractivity contribution is 0.453. The Balaban J connectivity index is 1.27. The average molecular weight is 453 g/mol. The third-order valence-electron chi connectivity index (χ3n) is 6.59. The van der Waals surface area contributed by atoms with E-state index in [1.54, 1.807) is 6.07 Å². The highest BCUT2D eigenvalue weighted by atomic mass is 19.1. The summed E-state index contributed by atoms with van der Waals surface area (Å²) >= 11 is 0. The SMILES string of the molecule is Fc1cccc(Cn2cc(-c3c[nH]c4ncc(-c5ccc(C6CCNCC6)nc5)cc34)cn2)c1. The van der Waals surface area contributed by atoms with Crippen molar-refractivity contribution in [1.82, 2.24) is 30.0 Å². The van der Waals surface area contributed by atoms with Crippen LogP contribution in [0.5, 0.6) is 0 Å². The third kappa shape index (κ3) is 4.10. The fourth-order valence-corrected chi connectivity index (χ4v) is 4.75. The van der Waals surface area contributed by atoms with Gasteiger partial charge in [0.2, 0.25) is 0 Å². The van der Waals surface area contributed by atoms with E-state index in [-0.39, 0.29) is 5.82 Å². The Hall–Kier alpha value is -3.84. The highest BCUT2D eigenvalue weighted by Gasteiger charge is 2.17. The molecule has 1 aliphatic rings. The Bertz CT molecular complexity index is 1430. The molecule has 0 spiro atoms. The highest BCUT2D eigenvalue weighted by molar-refractivity contribution is 5.95. The van der Waals surface area contributed by atoms with E-state index in [9.17, 15) is 4.39 Å². The van der Waals surface area contributed by atoms with Gasteiger partial charge in [-0.3, -0.25) is 9.67 Å². The van der Waals surface area contributed by atoms with Crippen molar-refractivity contribution >= 4 is 11.0 Å². The van der Waals surface area contributed by atoms with Gasteiger partial charge in [0.05, 0.1) is 12.7 Å². The van der Waals surface area contributed by atoms with Crippen molar-refractivity contribution in [3.8, 4) is 22.3 Å². The van der Waals surface area contributed by atoms with Crippen molar-refractivity contribution in [3.05, 3.63) is 90.5 Å². The number of rotatable bonds is 5. The predicted molar refractivity (Wildman–Crippen MR) is 131 cm³/mol. The maximum Gasteiger partial charge on any atom is 0.137 e. The van der Waals surface area contributed by atoms with Crippen molar-refractivity contribution in [1.29, 1.82) is 0 Å². The first-order valence-electron chi connectivity index (χ1n) is 11.6. The third-order valence-corrected chi connectivity index (χ3v) is 6.59. The second kappa shape index (κ2) is 8.83. The summed E-state index contributed by atoms with van der Waals surface area (Å²) in [5.41, 5.74) is 6.99. The number of aromatic amines is 1. The van der Waals surface area contributed by atoms with Gasteiger partial charge in [-0.1, -0.05) is 18.2 Å². The second-order valence-electron chi connectivity index (χ2n) is 8.88. The zero-order chi connectivity index (χ0) is 22.9. The fraction of sp³-hybridized carbons (Fsp3) is 0.222. The maximum atomic E-state index is 13.5. The van der Waals surface area contributed by atoms with E-state index >= 15 is 0 Å². The molecule has 6 nitrogen and oxygen atoms in total. The number of hydrogen-bond acceptors (Lipinski definition) is 4. The number of aromatic nitrogens is 5. The highest BCUT2D eigenvalue weighted by Crippen LogP contribution is 2.31. The van der Waals surface area contributed by atoms with Crippen molar-refractivity contribution in [2.45, 2.75) is 25.3 Å². The minimum atomic E-state index is -0.238. The van der Waals surface area contributed by atoms with Crippen LogP contribution >= 0.6 is 0 Å². The van der Waals surface area contributed by atoms with Gasteiger partial charge in [-0.05, 0) is 55.8 Å². The van der Waals surface area contributed by atoms with Crippen LogP contribution in [0.25, 0.3) is 33.3 Å². The van der Waals surface area contributed by atoms with Gasteiger partial charge < -0.3 is 10.3 Å².